The van der Waals surface area contributed by atoms with Crippen molar-refractivity contribution < 1.29 is 4.79 Å². The molecule has 104 valence electrons. The summed E-state index contributed by atoms with van der Waals surface area (Å²) in [4.78, 5) is 14.5. The van der Waals surface area contributed by atoms with E-state index in [1.807, 2.05) is 0 Å². The van der Waals surface area contributed by atoms with Crippen LogP contribution in [-0.4, -0.2) is 29.3 Å². The van der Waals surface area contributed by atoms with Gasteiger partial charge in [0.1, 0.15) is 5.78 Å². The van der Waals surface area contributed by atoms with E-state index in [9.17, 15) is 4.79 Å². The van der Waals surface area contributed by atoms with Gasteiger partial charge in [-0.25, -0.2) is 0 Å². The third-order valence-electron chi connectivity index (χ3n) is 5.41. The summed E-state index contributed by atoms with van der Waals surface area (Å²) in [6, 6.07) is 1.16. The minimum absolute atomic E-state index is 0.233. The zero-order valence-corrected chi connectivity index (χ0v) is 12.3. The lowest BCUT2D eigenvalue weighted by Gasteiger charge is -2.45. The highest BCUT2D eigenvalue weighted by Crippen LogP contribution is 2.34. The van der Waals surface area contributed by atoms with E-state index < -0.39 is 0 Å². The van der Waals surface area contributed by atoms with Crippen LogP contribution >= 0.6 is 0 Å². The maximum absolute atomic E-state index is 11.8. The molecule has 0 bridgehead atoms. The normalized spacial score (nSPS) is 33.6. The topological polar surface area (TPSA) is 20.3 Å². The summed E-state index contributed by atoms with van der Waals surface area (Å²) in [6.07, 6.45) is 9.09. The molecule has 18 heavy (non-hydrogen) atoms. The van der Waals surface area contributed by atoms with Crippen LogP contribution in [0.2, 0.25) is 0 Å². The zero-order chi connectivity index (χ0) is 13.1. The molecule has 1 aliphatic heterocycles. The maximum atomic E-state index is 11.8. The van der Waals surface area contributed by atoms with Gasteiger partial charge in [-0.2, -0.15) is 0 Å². The van der Waals surface area contributed by atoms with Gasteiger partial charge >= 0.3 is 0 Å². The molecular weight excluding hydrogens is 222 g/mol. The second kappa shape index (κ2) is 6.18. The van der Waals surface area contributed by atoms with Crippen LogP contribution in [-0.2, 0) is 4.79 Å². The smallest absolute Gasteiger partial charge is 0.138 e. The number of carbonyl (C=O) groups excluding carboxylic acids is 1. The fourth-order valence-corrected chi connectivity index (χ4v) is 4.05. The van der Waals surface area contributed by atoms with Gasteiger partial charge in [0, 0.05) is 31.0 Å². The van der Waals surface area contributed by atoms with Crippen molar-refractivity contribution in [3.05, 3.63) is 0 Å². The predicted octanol–water partition coefficient (Wildman–Crippen LogP) is 3.64. The van der Waals surface area contributed by atoms with E-state index in [2.05, 4.69) is 25.7 Å². The first-order valence-electron chi connectivity index (χ1n) is 7.93. The predicted molar refractivity (Wildman–Crippen MR) is 75.6 cm³/mol. The molecule has 0 radical (unpaired) electrons. The summed E-state index contributed by atoms with van der Waals surface area (Å²) in [5.41, 5.74) is 0. The molecule has 1 heterocycles. The van der Waals surface area contributed by atoms with Crippen LogP contribution in [0.1, 0.15) is 65.7 Å². The molecule has 2 rings (SSSR count). The molecule has 0 aromatic carbocycles. The summed E-state index contributed by atoms with van der Waals surface area (Å²) in [6.45, 7) is 7.70. The zero-order valence-electron chi connectivity index (χ0n) is 12.3. The molecule has 2 aliphatic rings. The number of Topliss-reactive ketones (excluding diaryl/α,β-unsaturated/α-hetero) is 1. The van der Waals surface area contributed by atoms with Gasteiger partial charge in [0.2, 0.25) is 0 Å². The molecule has 0 aromatic heterocycles. The van der Waals surface area contributed by atoms with Gasteiger partial charge in [-0.3, -0.25) is 9.69 Å². The highest BCUT2D eigenvalue weighted by molar-refractivity contribution is 5.82. The van der Waals surface area contributed by atoms with E-state index in [0.29, 0.717) is 11.8 Å². The minimum atomic E-state index is 0.233. The van der Waals surface area contributed by atoms with Crippen LogP contribution in [0.15, 0.2) is 0 Å². The van der Waals surface area contributed by atoms with E-state index in [4.69, 9.17) is 0 Å². The van der Waals surface area contributed by atoms with Gasteiger partial charge < -0.3 is 0 Å². The Balaban J connectivity index is 2.04. The van der Waals surface area contributed by atoms with Crippen LogP contribution < -0.4 is 0 Å². The Labute approximate surface area is 112 Å². The van der Waals surface area contributed by atoms with E-state index >= 15 is 0 Å². The minimum Gasteiger partial charge on any atom is -0.299 e. The van der Waals surface area contributed by atoms with Crippen molar-refractivity contribution in [3.63, 3.8) is 0 Å². The van der Waals surface area contributed by atoms with Crippen molar-refractivity contribution in [2.24, 2.45) is 11.8 Å². The Morgan fingerprint density at radius 1 is 1.22 bits per heavy atom. The second-order valence-electron chi connectivity index (χ2n) is 6.36. The van der Waals surface area contributed by atoms with Gasteiger partial charge in [-0.05, 0) is 32.1 Å². The molecule has 1 saturated heterocycles. The van der Waals surface area contributed by atoms with Crippen molar-refractivity contribution in [2.75, 3.05) is 6.54 Å². The molecule has 2 fully saturated rings. The number of carbonyl (C=O) groups is 1. The average Bonchev–Trinajstić information content (AvgIpc) is 2.41. The highest BCUT2D eigenvalue weighted by Gasteiger charge is 2.37. The van der Waals surface area contributed by atoms with Crippen molar-refractivity contribution in [3.8, 4) is 0 Å². The number of ketones is 1. The molecule has 0 aromatic rings. The van der Waals surface area contributed by atoms with Gasteiger partial charge in [0.05, 0.1) is 0 Å². The largest absolute Gasteiger partial charge is 0.299 e. The Hall–Kier alpha value is -0.370. The summed E-state index contributed by atoms with van der Waals surface area (Å²) < 4.78 is 0. The number of hydrogen-bond acceptors (Lipinski definition) is 2. The van der Waals surface area contributed by atoms with Crippen LogP contribution in [0, 0.1) is 11.8 Å². The molecule has 0 N–H and O–H groups in total. The lowest BCUT2D eigenvalue weighted by atomic mass is 9.79. The second-order valence-corrected chi connectivity index (χ2v) is 6.36. The average molecular weight is 251 g/mol. The Bertz CT molecular complexity index is 283. The molecule has 3 unspecified atom stereocenters. The van der Waals surface area contributed by atoms with E-state index in [1.54, 1.807) is 0 Å². The number of nitrogens with zero attached hydrogens (tertiary/aromatic N) is 1. The van der Waals surface area contributed by atoms with Crippen molar-refractivity contribution >= 4 is 5.78 Å². The number of likely N-dealkylation sites (tertiary alicyclic amines) is 1. The number of hydrogen-bond donors (Lipinski definition) is 0. The number of rotatable bonds is 3. The monoisotopic (exact) mass is 251 g/mol. The molecule has 3 atom stereocenters. The van der Waals surface area contributed by atoms with Crippen LogP contribution in [0.3, 0.4) is 0 Å². The third kappa shape index (κ3) is 2.79. The molecular formula is C16H29NO. The molecule has 1 aliphatic carbocycles. The van der Waals surface area contributed by atoms with Crippen molar-refractivity contribution in [1.82, 2.24) is 4.90 Å². The van der Waals surface area contributed by atoms with Crippen LogP contribution in [0.4, 0.5) is 0 Å². The summed E-state index contributed by atoms with van der Waals surface area (Å²) >= 11 is 0. The van der Waals surface area contributed by atoms with Crippen molar-refractivity contribution in [2.45, 2.75) is 77.8 Å². The van der Waals surface area contributed by atoms with Gasteiger partial charge in [0.25, 0.3) is 0 Å². The first-order chi connectivity index (χ1) is 8.65. The summed E-state index contributed by atoms with van der Waals surface area (Å²) in [5, 5.41) is 0. The van der Waals surface area contributed by atoms with Gasteiger partial charge in [-0.1, -0.05) is 33.1 Å². The third-order valence-corrected chi connectivity index (χ3v) is 5.41. The van der Waals surface area contributed by atoms with E-state index in [0.717, 1.165) is 24.9 Å². The van der Waals surface area contributed by atoms with E-state index in [-0.39, 0.29) is 5.92 Å². The fourth-order valence-electron chi connectivity index (χ4n) is 4.05. The van der Waals surface area contributed by atoms with Gasteiger partial charge in [0.15, 0.2) is 0 Å². The summed E-state index contributed by atoms with van der Waals surface area (Å²) in [7, 11) is 0. The lowest BCUT2D eigenvalue weighted by molar-refractivity contribution is -0.129. The molecule has 0 amide bonds. The quantitative estimate of drug-likeness (QED) is 0.763. The molecule has 2 heteroatoms. The fraction of sp³-hybridized carbons (Fsp3) is 0.938. The Morgan fingerprint density at radius 3 is 2.50 bits per heavy atom. The molecule has 1 saturated carbocycles. The van der Waals surface area contributed by atoms with E-state index in [1.165, 1.54) is 38.5 Å². The Kier molecular flexibility index (Phi) is 4.83. The van der Waals surface area contributed by atoms with Crippen LogP contribution in [0.5, 0.6) is 0 Å². The SMILES string of the molecule is CCC(C1CCCCC1)N1CCC(=O)C(C)C1C. The van der Waals surface area contributed by atoms with Crippen molar-refractivity contribution in [1.29, 1.82) is 0 Å². The first-order valence-corrected chi connectivity index (χ1v) is 7.93. The van der Waals surface area contributed by atoms with Crippen LogP contribution in [0.25, 0.3) is 0 Å². The first kappa shape index (κ1) is 14.0. The summed E-state index contributed by atoms with van der Waals surface area (Å²) in [5.74, 6) is 1.58. The van der Waals surface area contributed by atoms with Gasteiger partial charge in [-0.15, -0.1) is 0 Å². The Morgan fingerprint density at radius 2 is 1.89 bits per heavy atom. The lowest BCUT2D eigenvalue weighted by Crippen LogP contribution is -2.53. The number of piperidine rings is 1. The highest BCUT2D eigenvalue weighted by atomic mass is 16.1. The molecule has 0 spiro atoms. The maximum Gasteiger partial charge on any atom is 0.138 e. The molecule has 2 nitrogen and oxygen atoms in total. The standard InChI is InChI=1S/C16H29NO/c1-4-15(14-8-6-5-7-9-14)17-11-10-16(18)12(2)13(17)3/h12-15H,4-11H2,1-3H3.